The van der Waals surface area contributed by atoms with Gasteiger partial charge in [-0.05, 0) is 34.8 Å². The van der Waals surface area contributed by atoms with E-state index in [9.17, 15) is 0 Å². The maximum atomic E-state index is 6.28. The Balaban J connectivity index is 5.16. The quantitative estimate of drug-likeness (QED) is 0.500. The molecule has 0 bridgehead atoms. The molecule has 0 rings (SSSR count). The van der Waals surface area contributed by atoms with Gasteiger partial charge in [0, 0.05) is 0 Å². The van der Waals surface area contributed by atoms with Crippen LogP contribution in [-0.4, -0.2) is 29.0 Å². The molecule has 0 saturated heterocycles. The van der Waals surface area contributed by atoms with Gasteiger partial charge in [0.25, 0.3) is 0 Å². The molecule has 0 radical (unpaired) electrons. The van der Waals surface area contributed by atoms with Crippen molar-refractivity contribution in [2.75, 3.05) is 6.61 Å². The molecule has 136 valence electrons. The van der Waals surface area contributed by atoms with Crippen LogP contribution >= 0.6 is 0 Å². The predicted molar refractivity (Wildman–Crippen MR) is 110 cm³/mol. The van der Waals surface area contributed by atoms with Crippen molar-refractivity contribution in [2.45, 2.75) is 103 Å². The Hall–Kier alpha value is -0.0862. The van der Waals surface area contributed by atoms with E-state index in [-0.39, 0.29) is 11.1 Å². The van der Waals surface area contributed by atoms with Gasteiger partial charge < -0.3 is 10.2 Å². The van der Waals surface area contributed by atoms with Crippen LogP contribution in [0.2, 0.25) is 34.8 Å². The first-order valence-corrected chi connectivity index (χ1v) is 14.2. The molecule has 0 saturated carbocycles. The number of nitrogens with two attached hydrogens (primary N) is 1. The minimum absolute atomic E-state index is 0.174. The summed E-state index contributed by atoms with van der Waals surface area (Å²) in [6, 6.07) is -0.174. The fourth-order valence-electron chi connectivity index (χ4n) is 3.21. The Kier molecular flexibility index (Phi) is 8.30. The molecule has 0 fully saturated rings. The van der Waals surface area contributed by atoms with Gasteiger partial charge in [-0.15, -0.1) is 5.54 Å². The Labute approximate surface area is 148 Å². The number of hydrogen-bond acceptors (Lipinski definition) is 2. The van der Waals surface area contributed by atoms with Gasteiger partial charge >= 0.3 is 0 Å². The predicted octanol–water partition coefficient (Wildman–Crippen LogP) is 5.56. The Morgan fingerprint density at radius 2 is 1.30 bits per heavy atom. The first-order chi connectivity index (χ1) is 10.2. The van der Waals surface area contributed by atoms with E-state index < -0.39 is 16.4 Å². The van der Waals surface area contributed by atoms with Crippen molar-refractivity contribution in [3.8, 4) is 11.5 Å². The van der Waals surface area contributed by atoms with Crippen LogP contribution in [0.1, 0.15) is 62.3 Å². The van der Waals surface area contributed by atoms with E-state index in [1.165, 1.54) is 0 Å². The highest BCUT2D eigenvalue weighted by Crippen LogP contribution is 2.40. The van der Waals surface area contributed by atoms with E-state index >= 15 is 0 Å². The SMILES string of the molecule is CC(C)[Si](C#C[C@H](N)CO[Si](C)(C)C(C)(C)C)(C(C)C)C(C)C. The fraction of sp³-hybridized carbons (Fsp3) is 0.895. The van der Waals surface area contributed by atoms with Crippen molar-refractivity contribution in [3.05, 3.63) is 0 Å². The minimum atomic E-state index is -1.74. The summed E-state index contributed by atoms with van der Waals surface area (Å²) in [5.74, 6) is 3.38. The average Bonchev–Trinajstić information content (AvgIpc) is 2.34. The van der Waals surface area contributed by atoms with Gasteiger partial charge in [-0.2, -0.15) is 0 Å². The Morgan fingerprint density at radius 3 is 1.61 bits per heavy atom. The third-order valence-corrected chi connectivity index (χ3v) is 16.6. The van der Waals surface area contributed by atoms with Crippen LogP contribution in [0.4, 0.5) is 0 Å². The maximum absolute atomic E-state index is 6.28. The lowest BCUT2D eigenvalue weighted by Gasteiger charge is -2.38. The van der Waals surface area contributed by atoms with Crippen LogP contribution in [0.15, 0.2) is 0 Å². The molecule has 4 heteroatoms. The molecule has 0 aliphatic heterocycles. The highest BCUT2D eigenvalue weighted by Gasteiger charge is 2.42. The van der Waals surface area contributed by atoms with Crippen LogP contribution < -0.4 is 5.73 Å². The molecular formula is C19H41NOSi2. The molecule has 0 heterocycles. The Bertz CT molecular complexity index is 403. The van der Waals surface area contributed by atoms with Crippen LogP contribution in [0.5, 0.6) is 0 Å². The highest BCUT2D eigenvalue weighted by molar-refractivity contribution is 6.90. The molecule has 2 nitrogen and oxygen atoms in total. The van der Waals surface area contributed by atoms with Gasteiger partial charge in [-0.1, -0.05) is 68.2 Å². The second-order valence-electron chi connectivity index (χ2n) is 9.34. The minimum Gasteiger partial charge on any atom is -0.414 e. The van der Waals surface area contributed by atoms with E-state index in [1.807, 2.05) is 0 Å². The number of rotatable bonds is 6. The third kappa shape index (κ3) is 5.74. The van der Waals surface area contributed by atoms with Gasteiger partial charge in [0.1, 0.15) is 8.07 Å². The average molecular weight is 356 g/mol. The van der Waals surface area contributed by atoms with E-state index in [0.717, 1.165) is 0 Å². The van der Waals surface area contributed by atoms with E-state index in [2.05, 4.69) is 86.9 Å². The lowest BCUT2D eigenvalue weighted by atomic mass is 10.2. The first kappa shape index (κ1) is 22.9. The molecule has 0 spiro atoms. The van der Waals surface area contributed by atoms with Crippen molar-refractivity contribution in [1.29, 1.82) is 0 Å². The van der Waals surface area contributed by atoms with Crippen molar-refractivity contribution in [1.82, 2.24) is 0 Å². The summed E-state index contributed by atoms with van der Waals surface area (Å²) >= 11 is 0. The zero-order valence-electron chi connectivity index (χ0n) is 17.5. The molecule has 2 N–H and O–H groups in total. The van der Waals surface area contributed by atoms with Gasteiger partial charge in [0.2, 0.25) is 0 Å². The van der Waals surface area contributed by atoms with Crippen molar-refractivity contribution in [3.63, 3.8) is 0 Å². The second kappa shape index (κ2) is 8.33. The topological polar surface area (TPSA) is 35.2 Å². The molecule has 0 aliphatic carbocycles. The molecule has 0 aliphatic rings. The maximum Gasteiger partial charge on any atom is 0.192 e. The van der Waals surface area contributed by atoms with Crippen molar-refractivity contribution in [2.24, 2.45) is 5.73 Å². The summed E-state index contributed by atoms with van der Waals surface area (Å²) in [4.78, 5) is 0. The van der Waals surface area contributed by atoms with Crippen LogP contribution in [-0.2, 0) is 4.43 Å². The third-order valence-electron chi connectivity index (χ3n) is 5.77. The zero-order chi connectivity index (χ0) is 18.6. The molecule has 1 atom stereocenters. The highest BCUT2D eigenvalue weighted by atomic mass is 28.4. The molecule has 0 aromatic heterocycles. The standard InChI is InChI=1S/C19H41NOSi2/c1-15(2)23(16(3)4,17(5)6)13-12-18(20)14-21-22(10,11)19(7,8)9/h15-18H,14,20H2,1-11H3/t18-/m0/s1. The lowest BCUT2D eigenvalue weighted by Crippen LogP contribution is -2.45. The van der Waals surface area contributed by atoms with Gasteiger partial charge in [-0.25, -0.2) is 0 Å². The first-order valence-electron chi connectivity index (χ1n) is 9.10. The molecule has 23 heavy (non-hydrogen) atoms. The largest absolute Gasteiger partial charge is 0.414 e. The zero-order valence-corrected chi connectivity index (χ0v) is 19.5. The van der Waals surface area contributed by atoms with E-state index in [1.54, 1.807) is 0 Å². The van der Waals surface area contributed by atoms with Crippen molar-refractivity contribution >= 4 is 16.4 Å². The summed E-state index contributed by atoms with van der Waals surface area (Å²) in [5, 5.41) is 0.215. The molecule has 0 amide bonds. The summed E-state index contributed by atoms with van der Waals surface area (Å²) in [6.07, 6.45) is 0. The second-order valence-corrected chi connectivity index (χ2v) is 19.7. The summed E-state index contributed by atoms with van der Waals surface area (Å²) in [5.41, 5.74) is 11.9. The summed E-state index contributed by atoms with van der Waals surface area (Å²) in [7, 11) is -3.43. The van der Waals surface area contributed by atoms with Gasteiger partial charge in [0.05, 0.1) is 12.6 Å². The van der Waals surface area contributed by atoms with E-state index in [0.29, 0.717) is 23.2 Å². The molecule has 0 aromatic carbocycles. The van der Waals surface area contributed by atoms with E-state index in [4.69, 9.17) is 10.2 Å². The lowest BCUT2D eigenvalue weighted by molar-refractivity contribution is 0.281. The van der Waals surface area contributed by atoms with Crippen LogP contribution in [0, 0.1) is 11.5 Å². The molecule has 0 aromatic rings. The summed E-state index contributed by atoms with van der Waals surface area (Å²) < 4.78 is 6.23. The van der Waals surface area contributed by atoms with Crippen LogP contribution in [0.25, 0.3) is 0 Å². The van der Waals surface area contributed by atoms with Crippen LogP contribution in [0.3, 0.4) is 0 Å². The van der Waals surface area contributed by atoms with Gasteiger partial charge in [0.15, 0.2) is 8.32 Å². The fourth-order valence-corrected chi connectivity index (χ4v) is 9.54. The smallest absolute Gasteiger partial charge is 0.192 e. The Morgan fingerprint density at radius 1 is 0.913 bits per heavy atom. The monoisotopic (exact) mass is 355 g/mol. The molecule has 0 unspecified atom stereocenters. The summed E-state index contributed by atoms with van der Waals surface area (Å²) in [6.45, 7) is 25.8. The van der Waals surface area contributed by atoms with Crippen molar-refractivity contribution < 1.29 is 4.43 Å². The normalized spacial score (nSPS) is 15.1. The number of hydrogen-bond donors (Lipinski definition) is 1. The van der Waals surface area contributed by atoms with Gasteiger partial charge in [-0.3, -0.25) is 0 Å². The molecular weight excluding hydrogens is 314 g/mol.